The van der Waals surface area contributed by atoms with Crippen LogP contribution in [0.5, 0.6) is 0 Å². The van der Waals surface area contributed by atoms with Crippen LogP contribution in [0.25, 0.3) is 0 Å². The zero-order valence-electron chi connectivity index (χ0n) is 14.3. The van der Waals surface area contributed by atoms with Crippen LogP contribution in [0.15, 0.2) is 53.6 Å². The Morgan fingerprint density at radius 3 is 2.37 bits per heavy atom. The lowest BCUT2D eigenvalue weighted by molar-refractivity contribution is -0.120. The molecule has 0 N–H and O–H groups in total. The van der Waals surface area contributed by atoms with Gasteiger partial charge in [0.05, 0.1) is 23.7 Å². The van der Waals surface area contributed by atoms with Gasteiger partial charge in [-0.25, -0.2) is 5.01 Å². The van der Waals surface area contributed by atoms with Crippen LogP contribution in [0, 0.1) is 34.5 Å². The van der Waals surface area contributed by atoms with E-state index in [9.17, 15) is 15.3 Å². The van der Waals surface area contributed by atoms with Gasteiger partial charge in [-0.15, -0.1) is 0 Å². The van der Waals surface area contributed by atoms with Crippen molar-refractivity contribution in [3.63, 3.8) is 0 Å². The van der Waals surface area contributed by atoms with E-state index >= 15 is 0 Å². The summed E-state index contributed by atoms with van der Waals surface area (Å²) in [7, 11) is 0. The van der Waals surface area contributed by atoms with Crippen LogP contribution in [-0.2, 0) is 4.79 Å². The van der Waals surface area contributed by atoms with E-state index in [4.69, 9.17) is 23.2 Å². The molecule has 7 heteroatoms. The first-order valence-corrected chi connectivity index (χ1v) is 8.91. The smallest absolute Gasteiger partial charge is 0.256 e. The lowest BCUT2D eigenvalue weighted by Crippen LogP contribution is -2.34. The first-order chi connectivity index (χ1) is 13.0. The second-order valence-corrected chi connectivity index (χ2v) is 6.98. The van der Waals surface area contributed by atoms with Crippen LogP contribution in [0.4, 0.5) is 5.69 Å². The first kappa shape index (κ1) is 18.9. The van der Waals surface area contributed by atoms with Crippen molar-refractivity contribution in [2.45, 2.75) is 12.8 Å². The molecule has 1 aliphatic rings. The predicted molar refractivity (Wildman–Crippen MR) is 104 cm³/mol. The Morgan fingerprint density at radius 2 is 1.78 bits per heavy atom. The number of carbonyl (C=O) groups excluding carboxylic acids is 1. The Balaban J connectivity index is 2.08. The number of hydrazone groups is 1. The summed E-state index contributed by atoms with van der Waals surface area (Å²) in [5.74, 6) is -2.90. The Kier molecular flexibility index (Phi) is 5.46. The molecule has 1 heterocycles. The molecule has 27 heavy (non-hydrogen) atoms. The summed E-state index contributed by atoms with van der Waals surface area (Å²) in [6.07, 6.45) is 0. The molecule has 0 spiro atoms. The number of amides is 1. The number of halogens is 2. The lowest BCUT2D eigenvalue weighted by Gasteiger charge is -2.25. The van der Waals surface area contributed by atoms with Gasteiger partial charge >= 0.3 is 0 Å². The lowest BCUT2D eigenvalue weighted by atomic mass is 9.75. The number of nitriles is 2. The second kappa shape index (κ2) is 7.80. The normalized spacial score (nSPS) is 17.4. The van der Waals surface area contributed by atoms with E-state index < -0.39 is 17.8 Å². The Labute approximate surface area is 167 Å². The molecule has 0 saturated heterocycles. The van der Waals surface area contributed by atoms with E-state index in [0.717, 1.165) is 0 Å². The van der Waals surface area contributed by atoms with Gasteiger partial charge in [-0.1, -0.05) is 47.5 Å². The van der Waals surface area contributed by atoms with Crippen molar-refractivity contribution in [1.82, 2.24) is 0 Å². The molecule has 134 valence electrons. The van der Waals surface area contributed by atoms with Crippen LogP contribution in [0.2, 0.25) is 10.0 Å². The fourth-order valence-corrected chi connectivity index (χ4v) is 3.79. The summed E-state index contributed by atoms with van der Waals surface area (Å²) in [6, 6.07) is 17.8. The molecule has 2 aromatic carbocycles. The van der Waals surface area contributed by atoms with E-state index in [1.165, 1.54) is 11.1 Å². The van der Waals surface area contributed by atoms with Gasteiger partial charge < -0.3 is 0 Å². The summed E-state index contributed by atoms with van der Waals surface area (Å²) >= 11 is 12.3. The van der Waals surface area contributed by atoms with Crippen molar-refractivity contribution in [3.8, 4) is 12.1 Å². The Hall–Kier alpha value is -2.86. The average molecular weight is 397 g/mol. The molecule has 2 atom stereocenters. The molecule has 0 aromatic heterocycles. The third-order valence-electron chi connectivity index (χ3n) is 4.50. The van der Waals surface area contributed by atoms with Gasteiger partial charge in [0.2, 0.25) is 0 Å². The number of hydrogen-bond donors (Lipinski definition) is 0. The van der Waals surface area contributed by atoms with E-state index in [-0.39, 0.29) is 5.91 Å². The number of benzene rings is 2. The molecule has 5 nitrogen and oxygen atoms in total. The van der Waals surface area contributed by atoms with Crippen LogP contribution in [0.1, 0.15) is 18.4 Å². The molecule has 3 rings (SSSR count). The highest BCUT2D eigenvalue weighted by molar-refractivity contribution is 6.35. The molecule has 0 bridgehead atoms. The zero-order chi connectivity index (χ0) is 19.6. The van der Waals surface area contributed by atoms with Crippen LogP contribution < -0.4 is 5.01 Å². The SMILES string of the molecule is CC1=NN(c2ccccc2)C(=O)[C@@H]1[C@H](c1ccc(Cl)cc1Cl)C(C#N)C#N. The number of carbonyl (C=O) groups is 1. The molecule has 0 radical (unpaired) electrons. The Bertz CT molecular complexity index is 977. The molecule has 0 aliphatic carbocycles. The van der Waals surface area contributed by atoms with Gasteiger partial charge in [-0.2, -0.15) is 15.6 Å². The third kappa shape index (κ3) is 3.53. The summed E-state index contributed by atoms with van der Waals surface area (Å²) < 4.78 is 0. The topological polar surface area (TPSA) is 80.2 Å². The van der Waals surface area contributed by atoms with Gasteiger partial charge in [0.25, 0.3) is 5.91 Å². The maximum absolute atomic E-state index is 13.2. The largest absolute Gasteiger partial charge is 0.272 e. The van der Waals surface area contributed by atoms with Crippen LogP contribution in [0.3, 0.4) is 0 Å². The number of rotatable bonds is 4. The summed E-state index contributed by atoms with van der Waals surface area (Å²) in [6.45, 7) is 1.72. The van der Waals surface area contributed by atoms with Crippen molar-refractivity contribution in [2.75, 3.05) is 5.01 Å². The highest BCUT2D eigenvalue weighted by atomic mass is 35.5. The molecule has 0 unspecified atom stereocenters. The van der Waals surface area contributed by atoms with Gasteiger partial charge in [0.1, 0.15) is 5.92 Å². The second-order valence-electron chi connectivity index (χ2n) is 6.13. The van der Waals surface area contributed by atoms with Crippen molar-refractivity contribution in [1.29, 1.82) is 10.5 Å². The van der Waals surface area contributed by atoms with Crippen molar-refractivity contribution in [3.05, 3.63) is 64.1 Å². The summed E-state index contributed by atoms with van der Waals surface area (Å²) in [5, 5.41) is 25.5. The standard InChI is InChI=1S/C20H14Cl2N4O/c1-12-18(20(27)26(25-12)15-5-3-2-4-6-15)19(13(10-23)11-24)16-8-7-14(21)9-17(16)22/h2-9,13,18-19H,1H3/t18-,19-/m0/s1. The zero-order valence-corrected chi connectivity index (χ0v) is 15.8. The number of hydrogen-bond acceptors (Lipinski definition) is 4. The van der Waals surface area contributed by atoms with Crippen molar-refractivity contribution in [2.24, 2.45) is 16.9 Å². The molecular weight excluding hydrogens is 383 g/mol. The minimum atomic E-state index is -1.07. The quantitative estimate of drug-likeness (QED) is 0.745. The fourth-order valence-electron chi connectivity index (χ4n) is 3.26. The predicted octanol–water partition coefficient (Wildman–Crippen LogP) is 4.78. The third-order valence-corrected chi connectivity index (χ3v) is 5.06. The molecule has 1 aliphatic heterocycles. The minimum absolute atomic E-state index is 0.301. The molecule has 1 amide bonds. The van der Waals surface area contributed by atoms with Gasteiger partial charge in [0, 0.05) is 21.7 Å². The monoisotopic (exact) mass is 396 g/mol. The highest BCUT2D eigenvalue weighted by Crippen LogP contribution is 2.41. The molecule has 2 aromatic rings. The maximum atomic E-state index is 13.2. The van der Waals surface area contributed by atoms with E-state index in [1.807, 2.05) is 30.3 Å². The van der Waals surface area contributed by atoms with E-state index in [1.54, 1.807) is 31.2 Å². The Morgan fingerprint density at radius 1 is 1.11 bits per heavy atom. The minimum Gasteiger partial charge on any atom is -0.272 e. The maximum Gasteiger partial charge on any atom is 0.256 e. The van der Waals surface area contributed by atoms with Crippen molar-refractivity contribution < 1.29 is 4.79 Å². The van der Waals surface area contributed by atoms with Crippen LogP contribution >= 0.6 is 23.2 Å². The number of anilines is 1. The summed E-state index contributed by atoms with van der Waals surface area (Å²) in [5.41, 5.74) is 1.67. The molecule has 0 fully saturated rings. The first-order valence-electron chi connectivity index (χ1n) is 8.16. The van der Waals surface area contributed by atoms with E-state index in [0.29, 0.717) is 27.0 Å². The van der Waals surface area contributed by atoms with Gasteiger partial charge in [-0.05, 0) is 36.8 Å². The van der Waals surface area contributed by atoms with Crippen LogP contribution in [-0.4, -0.2) is 11.6 Å². The highest BCUT2D eigenvalue weighted by Gasteiger charge is 2.44. The molecular formula is C20H14Cl2N4O. The fraction of sp³-hybridized carbons (Fsp3) is 0.200. The summed E-state index contributed by atoms with van der Waals surface area (Å²) in [4.78, 5) is 13.2. The average Bonchev–Trinajstić information content (AvgIpc) is 2.95. The number of para-hydroxylation sites is 1. The molecule has 0 saturated carbocycles. The van der Waals surface area contributed by atoms with E-state index in [2.05, 4.69) is 5.10 Å². The van der Waals surface area contributed by atoms with Gasteiger partial charge in [-0.3, -0.25) is 4.79 Å². The van der Waals surface area contributed by atoms with Crippen molar-refractivity contribution >= 4 is 40.5 Å². The number of nitrogens with zero attached hydrogens (tertiary/aromatic N) is 4. The van der Waals surface area contributed by atoms with Gasteiger partial charge in [0.15, 0.2) is 0 Å².